The minimum Gasteiger partial charge on any atom is -0.490 e. The van der Waals surface area contributed by atoms with Gasteiger partial charge in [0.15, 0.2) is 18.1 Å². The summed E-state index contributed by atoms with van der Waals surface area (Å²) < 4.78 is 28.4. The molecule has 1 aliphatic heterocycles. The first-order chi connectivity index (χ1) is 18.4. The largest absolute Gasteiger partial charge is 0.490 e. The van der Waals surface area contributed by atoms with E-state index in [0.29, 0.717) is 41.8 Å². The van der Waals surface area contributed by atoms with E-state index >= 15 is 0 Å². The molecule has 1 atom stereocenters. The van der Waals surface area contributed by atoms with Gasteiger partial charge in [0.1, 0.15) is 28.9 Å². The molecule has 0 saturated heterocycles. The molecule has 0 spiro atoms. The number of hydrogen-bond acceptors (Lipinski definition) is 8. The fourth-order valence-corrected chi connectivity index (χ4v) is 4.08. The average molecular weight is 515 g/mol. The van der Waals surface area contributed by atoms with Crippen molar-refractivity contribution in [3.05, 3.63) is 88.8 Å². The Morgan fingerprint density at radius 1 is 0.974 bits per heavy atom. The number of benzene rings is 3. The van der Waals surface area contributed by atoms with Gasteiger partial charge in [-0.25, -0.2) is 4.79 Å². The first-order valence-electron chi connectivity index (χ1n) is 12.4. The van der Waals surface area contributed by atoms with Crippen molar-refractivity contribution in [2.75, 3.05) is 19.8 Å². The fraction of sp³-hybridized carbons (Fsp3) is 0.267. The van der Waals surface area contributed by atoms with E-state index in [4.69, 9.17) is 29.4 Å². The second-order valence-corrected chi connectivity index (χ2v) is 8.69. The van der Waals surface area contributed by atoms with Crippen LogP contribution in [-0.2, 0) is 4.79 Å². The maximum Gasteiger partial charge on any atom is 0.349 e. The zero-order valence-electron chi connectivity index (χ0n) is 21.7. The molecule has 196 valence electrons. The number of nitrogens with zero attached hydrogens (tertiary/aromatic N) is 1. The van der Waals surface area contributed by atoms with Gasteiger partial charge in [-0.05, 0) is 56.2 Å². The molecular formula is C30H30N2O6. The molecular weight excluding hydrogens is 484 g/mol. The van der Waals surface area contributed by atoms with Gasteiger partial charge < -0.3 is 29.4 Å². The highest BCUT2D eigenvalue weighted by atomic mass is 16.6. The van der Waals surface area contributed by atoms with E-state index in [1.54, 1.807) is 30.3 Å². The Kier molecular flexibility index (Phi) is 8.39. The molecule has 4 rings (SSSR count). The fourth-order valence-electron chi connectivity index (χ4n) is 4.08. The van der Waals surface area contributed by atoms with E-state index in [0.717, 1.165) is 17.5 Å². The summed E-state index contributed by atoms with van der Waals surface area (Å²) in [7, 11) is 0. The first-order valence-corrected chi connectivity index (χ1v) is 12.4. The van der Waals surface area contributed by atoms with Crippen LogP contribution in [0.5, 0.6) is 28.7 Å². The number of rotatable bonds is 10. The number of nitrogens with two attached hydrogens (primary N) is 1. The van der Waals surface area contributed by atoms with E-state index in [-0.39, 0.29) is 23.8 Å². The quantitative estimate of drug-likeness (QED) is 0.283. The lowest BCUT2D eigenvalue weighted by Gasteiger charge is -2.27. The third-order valence-corrected chi connectivity index (χ3v) is 5.86. The zero-order valence-corrected chi connectivity index (χ0v) is 21.7. The van der Waals surface area contributed by atoms with Gasteiger partial charge >= 0.3 is 5.97 Å². The predicted octanol–water partition coefficient (Wildman–Crippen LogP) is 5.39. The van der Waals surface area contributed by atoms with Crippen molar-refractivity contribution in [3.8, 4) is 34.8 Å². The Bertz CT molecular complexity index is 1370. The van der Waals surface area contributed by atoms with Crippen LogP contribution in [0.25, 0.3) is 0 Å². The van der Waals surface area contributed by atoms with Gasteiger partial charge in [-0.1, -0.05) is 36.8 Å². The number of carbonyl (C=O) groups is 1. The van der Waals surface area contributed by atoms with Gasteiger partial charge in [-0.3, -0.25) is 0 Å². The minimum absolute atomic E-state index is 0.0135. The summed E-state index contributed by atoms with van der Waals surface area (Å²) >= 11 is 0. The number of hydrogen-bond donors (Lipinski definition) is 1. The highest BCUT2D eigenvalue weighted by Crippen LogP contribution is 2.45. The summed E-state index contributed by atoms with van der Waals surface area (Å²) in [4.78, 5) is 12.4. The second-order valence-electron chi connectivity index (χ2n) is 8.69. The van der Waals surface area contributed by atoms with Gasteiger partial charge in [0.05, 0.1) is 19.1 Å². The molecule has 8 nitrogen and oxygen atoms in total. The highest BCUT2D eigenvalue weighted by Gasteiger charge is 2.32. The van der Waals surface area contributed by atoms with Crippen molar-refractivity contribution in [1.29, 1.82) is 5.26 Å². The van der Waals surface area contributed by atoms with Gasteiger partial charge in [-0.2, -0.15) is 5.26 Å². The first kappa shape index (κ1) is 26.4. The van der Waals surface area contributed by atoms with Crippen LogP contribution < -0.4 is 29.4 Å². The van der Waals surface area contributed by atoms with Gasteiger partial charge in [0.25, 0.3) is 0 Å². The third kappa shape index (κ3) is 6.01. The number of esters is 1. The summed E-state index contributed by atoms with van der Waals surface area (Å²) in [5, 5.41) is 9.90. The van der Waals surface area contributed by atoms with Crippen molar-refractivity contribution in [3.63, 3.8) is 0 Å². The van der Waals surface area contributed by atoms with E-state index < -0.39 is 11.9 Å². The smallest absolute Gasteiger partial charge is 0.349 e. The Labute approximate surface area is 222 Å². The van der Waals surface area contributed by atoms with Crippen LogP contribution in [-0.4, -0.2) is 25.8 Å². The normalized spacial score (nSPS) is 14.1. The molecule has 3 aromatic carbocycles. The molecule has 0 bridgehead atoms. The van der Waals surface area contributed by atoms with E-state index in [2.05, 4.69) is 6.07 Å². The van der Waals surface area contributed by atoms with Gasteiger partial charge in [0, 0.05) is 11.6 Å². The van der Waals surface area contributed by atoms with Crippen molar-refractivity contribution >= 4 is 5.97 Å². The topological polar surface area (TPSA) is 113 Å². The molecule has 2 N–H and O–H groups in total. The highest BCUT2D eigenvalue weighted by molar-refractivity contribution is 5.74. The molecule has 38 heavy (non-hydrogen) atoms. The Hall–Kier alpha value is -4.64. The lowest BCUT2D eigenvalue weighted by molar-refractivity contribution is -0.136. The lowest BCUT2D eigenvalue weighted by atomic mass is 9.83. The van der Waals surface area contributed by atoms with E-state index in [1.807, 2.05) is 51.1 Å². The monoisotopic (exact) mass is 514 g/mol. The molecule has 0 saturated carbocycles. The van der Waals surface area contributed by atoms with Crippen LogP contribution in [0, 0.1) is 18.3 Å². The number of ether oxygens (including phenoxy) is 5. The van der Waals surface area contributed by atoms with E-state index in [9.17, 15) is 10.1 Å². The summed E-state index contributed by atoms with van der Waals surface area (Å²) in [6.45, 7) is 6.67. The molecule has 0 aliphatic carbocycles. The van der Waals surface area contributed by atoms with Crippen LogP contribution in [0.3, 0.4) is 0 Å². The summed E-state index contributed by atoms with van der Waals surface area (Å²) in [5.41, 5.74) is 9.01. The number of aryl methyl sites for hydroxylation is 1. The van der Waals surface area contributed by atoms with Crippen LogP contribution in [0.4, 0.5) is 0 Å². The molecule has 0 radical (unpaired) electrons. The van der Waals surface area contributed by atoms with Crippen molar-refractivity contribution in [2.45, 2.75) is 33.1 Å². The predicted molar refractivity (Wildman–Crippen MR) is 141 cm³/mol. The minimum atomic E-state index is -0.567. The van der Waals surface area contributed by atoms with Crippen molar-refractivity contribution < 1.29 is 28.5 Å². The van der Waals surface area contributed by atoms with Crippen LogP contribution >= 0.6 is 0 Å². The number of carbonyl (C=O) groups excluding carboxylic acids is 1. The van der Waals surface area contributed by atoms with Crippen LogP contribution in [0.15, 0.2) is 72.1 Å². The van der Waals surface area contributed by atoms with E-state index in [1.165, 1.54) is 0 Å². The number of nitriles is 1. The van der Waals surface area contributed by atoms with Gasteiger partial charge in [-0.15, -0.1) is 0 Å². The Balaban J connectivity index is 1.58. The summed E-state index contributed by atoms with van der Waals surface area (Å²) in [6.07, 6.45) is 0.865. The molecule has 0 fully saturated rings. The zero-order chi connectivity index (χ0) is 27.1. The van der Waals surface area contributed by atoms with Gasteiger partial charge in [0.2, 0.25) is 5.88 Å². The number of fused-ring (bicyclic) bond motifs is 1. The Morgan fingerprint density at radius 2 is 1.74 bits per heavy atom. The van der Waals surface area contributed by atoms with Crippen LogP contribution in [0.2, 0.25) is 0 Å². The molecule has 1 aliphatic rings. The second kappa shape index (κ2) is 12.1. The lowest BCUT2D eigenvalue weighted by Crippen LogP contribution is -2.22. The summed E-state index contributed by atoms with van der Waals surface area (Å²) in [5.74, 6) is 1.37. The molecule has 1 heterocycles. The SMILES string of the molecule is CCCOc1ccc(C2C(C#N)=C(N)Oc3cc(OC(=O)COc4ccc(C)cc4)ccc32)cc1OCC. The maximum absolute atomic E-state index is 12.4. The molecule has 1 unspecified atom stereocenters. The Morgan fingerprint density at radius 3 is 2.45 bits per heavy atom. The molecule has 0 aromatic heterocycles. The number of allylic oxidation sites excluding steroid dienone is 1. The maximum atomic E-state index is 12.4. The standard InChI is InChI=1S/C30H30N2O6/c1-4-14-35-25-13-8-20(15-27(25)34-5-2)29-23-12-11-22(16-26(23)38-30(32)24(29)17-31)37-28(33)18-36-21-9-6-19(3)7-10-21/h6-13,15-16,29H,4-5,14,18,32H2,1-3H3. The third-order valence-electron chi connectivity index (χ3n) is 5.86. The molecule has 3 aromatic rings. The van der Waals surface area contributed by atoms with Crippen LogP contribution in [0.1, 0.15) is 42.9 Å². The van der Waals surface area contributed by atoms with Crippen molar-refractivity contribution in [1.82, 2.24) is 0 Å². The summed E-state index contributed by atoms with van der Waals surface area (Å²) in [6, 6.07) is 20.1. The van der Waals surface area contributed by atoms with Crippen molar-refractivity contribution in [2.24, 2.45) is 5.73 Å². The average Bonchev–Trinajstić information content (AvgIpc) is 2.91. The molecule has 8 heteroatoms. The molecule has 0 amide bonds.